The Labute approximate surface area is 136 Å². The lowest BCUT2D eigenvalue weighted by Gasteiger charge is -2.10. The molecule has 0 aliphatic rings. The second kappa shape index (κ2) is 7.16. The standard InChI is InChI=1S/C17H15F3N2O2/c1-11(23)21-14-6-3-7-15(10-14)22-16(24)9-12-4-2-5-13(8-12)17(18,19)20/h2-8,10H,9H2,1H3,(H,21,23)(H,22,24). The summed E-state index contributed by atoms with van der Waals surface area (Å²) in [4.78, 5) is 23.0. The highest BCUT2D eigenvalue weighted by atomic mass is 19.4. The Hall–Kier alpha value is -2.83. The van der Waals surface area contributed by atoms with Gasteiger partial charge in [0, 0.05) is 18.3 Å². The number of halogens is 3. The van der Waals surface area contributed by atoms with Gasteiger partial charge in [0.25, 0.3) is 0 Å². The molecule has 0 heterocycles. The van der Waals surface area contributed by atoms with Gasteiger partial charge in [0.15, 0.2) is 0 Å². The van der Waals surface area contributed by atoms with Crippen LogP contribution in [0.3, 0.4) is 0 Å². The first-order chi connectivity index (χ1) is 11.2. The summed E-state index contributed by atoms with van der Waals surface area (Å²) in [6.45, 7) is 1.36. The van der Waals surface area contributed by atoms with Crippen LogP contribution in [0.1, 0.15) is 18.1 Å². The van der Waals surface area contributed by atoms with Crippen LogP contribution in [0.2, 0.25) is 0 Å². The van der Waals surface area contributed by atoms with Crippen molar-refractivity contribution in [3.63, 3.8) is 0 Å². The topological polar surface area (TPSA) is 58.2 Å². The van der Waals surface area contributed by atoms with Crippen LogP contribution in [0, 0.1) is 0 Å². The van der Waals surface area contributed by atoms with Crippen LogP contribution < -0.4 is 10.6 Å². The van der Waals surface area contributed by atoms with E-state index < -0.39 is 17.6 Å². The summed E-state index contributed by atoms with van der Waals surface area (Å²) >= 11 is 0. The maximum Gasteiger partial charge on any atom is 0.416 e. The molecule has 2 rings (SSSR count). The average Bonchev–Trinajstić information content (AvgIpc) is 2.46. The van der Waals surface area contributed by atoms with E-state index in [2.05, 4.69) is 10.6 Å². The highest BCUT2D eigenvalue weighted by Crippen LogP contribution is 2.29. The Morgan fingerprint density at radius 1 is 0.958 bits per heavy atom. The van der Waals surface area contributed by atoms with Crippen LogP contribution in [0.15, 0.2) is 48.5 Å². The summed E-state index contributed by atoms with van der Waals surface area (Å²) in [5.74, 6) is -0.697. The molecule has 0 saturated carbocycles. The molecule has 2 aromatic carbocycles. The zero-order chi connectivity index (χ0) is 17.7. The lowest BCUT2D eigenvalue weighted by molar-refractivity contribution is -0.137. The molecule has 2 N–H and O–H groups in total. The molecule has 2 aromatic rings. The normalized spacial score (nSPS) is 11.0. The Bertz CT molecular complexity index is 757. The van der Waals surface area contributed by atoms with Crippen molar-refractivity contribution < 1.29 is 22.8 Å². The molecule has 4 nitrogen and oxygen atoms in total. The minimum absolute atomic E-state index is 0.186. The van der Waals surface area contributed by atoms with E-state index in [4.69, 9.17) is 0 Å². The maximum atomic E-state index is 12.7. The molecule has 0 aliphatic heterocycles. The molecule has 0 atom stereocenters. The van der Waals surface area contributed by atoms with E-state index in [9.17, 15) is 22.8 Å². The summed E-state index contributed by atoms with van der Waals surface area (Å²) in [7, 11) is 0. The van der Waals surface area contributed by atoms with E-state index in [1.807, 2.05) is 0 Å². The molecule has 7 heteroatoms. The number of benzene rings is 2. The number of anilines is 2. The second-order valence-corrected chi connectivity index (χ2v) is 5.19. The van der Waals surface area contributed by atoms with E-state index in [-0.39, 0.29) is 17.9 Å². The Morgan fingerprint density at radius 3 is 2.21 bits per heavy atom. The fourth-order valence-electron chi connectivity index (χ4n) is 2.13. The third kappa shape index (κ3) is 5.12. The maximum absolute atomic E-state index is 12.7. The predicted molar refractivity (Wildman–Crippen MR) is 84.5 cm³/mol. The summed E-state index contributed by atoms with van der Waals surface area (Å²) in [6, 6.07) is 11.1. The van der Waals surface area contributed by atoms with E-state index in [1.165, 1.54) is 19.1 Å². The van der Waals surface area contributed by atoms with Crippen LogP contribution in [0.4, 0.5) is 24.5 Å². The minimum atomic E-state index is -4.45. The highest BCUT2D eigenvalue weighted by Gasteiger charge is 2.30. The van der Waals surface area contributed by atoms with Crippen molar-refractivity contribution in [3.05, 3.63) is 59.7 Å². The van der Waals surface area contributed by atoms with Crippen molar-refractivity contribution >= 4 is 23.2 Å². The molecule has 0 unspecified atom stereocenters. The van der Waals surface area contributed by atoms with Gasteiger partial charge in [-0.05, 0) is 29.8 Å². The highest BCUT2D eigenvalue weighted by molar-refractivity contribution is 5.94. The number of hydrogen-bond donors (Lipinski definition) is 2. The fourth-order valence-corrected chi connectivity index (χ4v) is 2.13. The number of carbonyl (C=O) groups is 2. The first-order valence-corrected chi connectivity index (χ1v) is 7.08. The molecular weight excluding hydrogens is 321 g/mol. The van der Waals surface area contributed by atoms with E-state index in [1.54, 1.807) is 24.3 Å². The van der Waals surface area contributed by atoms with Gasteiger partial charge in [-0.3, -0.25) is 9.59 Å². The summed E-state index contributed by atoms with van der Waals surface area (Å²) < 4.78 is 38.0. The zero-order valence-electron chi connectivity index (χ0n) is 12.8. The van der Waals surface area contributed by atoms with Gasteiger partial charge in [0.05, 0.1) is 12.0 Å². The van der Waals surface area contributed by atoms with Gasteiger partial charge in [-0.15, -0.1) is 0 Å². The number of carbonyl (C=O) groups excluding carboxylic acids is 2. The molecular formula is C17H15F3N2O2. The Balaban J connectivity index is 2.05. The third-order valence-corrected chi connectivity index (χ3v) is 3.09. The number of amides is 2. The van der Waals surface area contributed by atoms with E-state index in [0.717, 1.165) is 12.1 Å². The molecule has 0 bridgehead atoms. The second-order valence-electron chi connectivity index (χ2n) is 5.19. The Kier molecular flexibility index (Phi) is 5.23. The lowest BCUT2D eigenvalue weighted by Crippen LogP contribution is -2.15. The average molecular weight is 336 g/mol. The van der Waals surface area contributed by atoms with Crippen molar-refractivity contribution in [2.45, 2.75) is 19.5 Å². The first kappa shape index (κ1) is 17.5. The van der Waals surface area contributed by atoms with Crippen molar-refractivity contribution in [2.75, 3.05) is 10.6 Å². The van der Waals surface area contributed by atoms with Crippen LogP contribution in [-0.2, 0) is 22.2 Å². The van der Waals surface area contributed by atoms with Gasteiger partial charge in [0.2, 0.25) is 11.8 Å². The lowest BCUT2D eigenvalue weighted by atomic mass is 10.1. The molecule has 0 spiro atoms. The smallest absolute Gasteiger partial charge is 0.326 e. The largest absolute Gasteiger partial charge is 0.416 e. The van der Waals surface area contributed by atoms with Crippen molar-refractivity contribution in [2.24, 2.45) is 0 Å². The molecule has 126 valence electrons. The number of nitrogens with one attached hydrogen (secondary N) is 2. The van der Waals surface area contributed by atoms with Crippen LogP contribution in [0.25, 0.3) is 0 Å². The quantitative estimate of drug-likeness (QED) is 0.891. The number of rotatable bonds is 4. The first-order valence-electron chi connectivity index (χ1n) is 7.08. The van der Waals surface area contributed by atoms with Crippen molar-refractivity contribution in [3.8, 4) is 0 Å². The molecule has 0 aromatic heterocycles. The van der Waals surface area contributed by atoms with E-state index >= 15 is 0 Å². The van der Waals surface area contributed by atoms with Crippen molar-refractivity contribution in [1.29, 1.82) is 0 Å². The van der Waals surface area contributed by atoms with Gasteiger partial charge in [-0.1, -0.05) is 24.3 Å². The molecule has 0 aliphatic carbocycles. The minimum Gasteiger partial charge on any atom is -0.326 e. The molecule has 0 saturated heterocycles. The SMILES string of the molecule is CC(=O)Nc1cccc(NC(=O)Cc2cccc(C(F)(F)F)c2)c1. The van der Waals surface area contributed by atoms with Crippen molar-refractivity contribution in [1.82, 2.24) is 0 Å². The number of alkyl halides is 3. The summed E-state index contributed by atoms with van der Waals surface area (Å²) in [5, 5.41) is 5.17. The monoisotopic (exact) mass is 336 g/mol. The predicted octanol–water partition coefficient (Wildman–Crippen LogP) is 3.85. The van der Waals surface area contributed by atoms with Gasteiger partial charge in [0.1, 0.15) is 0 Å². The Morgan fingerprint density at radius 2 is 1.58 bits per heavy atom. The van der Waals surface area contributed by atoms with E-state index in [0.29, 0.717) is 11.4 Å². The molecule has 2 amide bonds. The third-order valence-electron chi connectivity index (χ3n) is 3.09. The van der Waals surface area contributed by atoms with Gasteiger partial charge < -0.3 is 10.6 Å². The van der Waals surface area contributed by atoms with Gasteiger partial charge >= 0.3 is 6.18 Å². The van der Waals surface area contributed by atoms with Crippen LogP contribution in [0.5, 0.6) is 0 Å². The molecule has 0 radical (unpaired) electrons. The molecule has 0 fully saturated rings. The molecule has 24 heavy (non-hydrogen) atoms. The van der Waals surface area contributed by atoms with Gasteiger partial charge in [-0.2, -0.15) is 13.2 Å². The number of hydrogen-bond acceptors (Lipinski definition) is 2. The fraction of sp³-hybridized carbons (Fsp3) is 0.176. The zero-order valence-corrected chi connectivity index (χ0v) is 12.8. The van der Waals surface area contributed by atoms with Gasteiger partial charge in [-0.25, -0.2) is 0 Å². The summed E-state index contributed by atoms with van der Waals surface area (Å²) in [5.41, 5.74) is 0.429. The van der Waals surface area contributed by atoms with Crippen LogP contribution >= 0.6 is 0 Å². The van der Waals surface area contributed by atoms with Crippen LogP contribution in [-0.4, -0.2) is 11.8 Å². The summed E-state index contributed by atoms with van der Waals surface area (Å²) in [6.07, 6.45) is -4.63.